The molecule has 0 aromatic carbocycles. The van der Waals surface area contributed by atoms with Gasteiger partial charge in [-0.3, -0.25) is 0 Å². The zero-order valence-electron chi connectivity index (χ0n) is 5.08. The van der Waals surface area contributed by atoms with Crippen molar-refractivity contribution >= 4 is 11.3 Å². The molecule has 0 aliphatic heterocycles. The van der Waals surface area contributed by atoms with Crippen LogP contribution < -0.4 is 5.73 Å². The Bertz CT molecular complexity index is 148. The molecule has 0 aliphatic carbocycles. The minimum absolute atomic E-state index is 0.708. The van der Waals surface area contributed by atoms with E-state index in [-0.39, 0.29) is 0 Å². The SMILES string of the molecule is NCC[CH]c1nccs1. The van der Waals surface area contributed by atoms with E-state index >= 15 is 0 Å². The molecule has 49 valence electrons. The highest BCUT2D eigenvalue weighted by molar-refractivity contribution is 7.09. The van der Waals surface area contributed by atoms with Crippen molar-refractivity contribution in [3.8, 4) is 0 Å². The average Bonchev–Trinajstić information content (AvgIpc) is 2.34. The summed E-state index contributed by atoms with van der Waals surface area (Å²) in [4.78, 5) is 4.06. The number of nitrogens with zero attached hydrogens (tertiary/aromatic N) is 1. The van der Waals surface area contributed by atoms with Crippen LogP contribution in [0.2, 0.25) is 0 Å². The maximum Gasteiger partial charge on any atom is 0.0963 e. The summed E-state index contributed by atoms with van der Waals surface area (Å²) < 4.78 is 0. The van der Waals surface area contributed by atoms with Crippen LogP contribution in [-0.4, -0.2) is 11.5 Å². The van der Waals surface area contributed by atoms with Gasteiger partial charge in [-0.2, -0.15) is 0 Å². The second-order valence-electron chi connectivity index (χ2n) is 1.65. The van der Waals surface area contributed by atoms with E-state index in [0.29, 0.717) is 6.54 Å². The summed E-state index contributed by atoms with van der Waals surface area (Å²) in [6.07, 6.45) is 4.77. The fourth-order valence-corrected chi connectivity index (χ4v) is 1.14. The van der Waals surface area contributed by atoms with Gasteiger partial charge in [-0.05, 0) is 13.0 Å². The quantitative estimate of drug-likeness (QED) is 0.683. The Hall–Kier alpha value is -0.410. The van der Waals surface area contributed by atoms with E-state index in [0.717, 1.165) is 11.4 Å². The Morgan fingerprint density at radius 2 is 2.67 bits per heavy atom. The molecule has 1 radical (unpaired) electrons. The third kappa shape index (κ3) is 2.11. The minimum atomic E-state index is 0.708. The number of hydrogen-bond donors (Lipinski definition) is 1. The number of thiazole rings is 1. The molecule has 0 fully saturated rings. The van der Waals surface area contributed by atoms with E-state index in [1.165, 1.54) is 0 Å². The molecule has 0 amide bonds. The Labute approximate surface area is 58.7 Å². The van der Waals surface area contributed by atoms with Crippen LogP contribution in [0.4, 0.5) is 0 Å². The molecular formula is C6H9N2S. The van der Waals surface area contributed by atoms with Gasteiger partial charge in [-0.1, -0.05) is 0 Å². The number of nitrogens with two attached hydrogens (primary N) is 1. The van der Waals surface area contributed by atoms with Crippen molar-refractivity contribution in [3.63, 3.8) is 0 Å². The summed E-state index contributed by atoms with van der Waals surface area (Å²) in [5.41, 5.74) is 5.29. The Morgan fingerprint density at radius 1 is 1.78 bits per heavy atom. The summed E-state index contributed by atoms with van der Waals surface area (Å²) in [5, 5.41) is 3.03. The molecular weight excluding hydrogens is 132 g/mol. The van der Waals surface area contributed by atoms with Crippen LogP contribution in [0.25, 0.3) is 0 Å². The lowest BCUT2D eigenvalue weighted by Gasteiger charge is -1.88. The number of hydrogen-bond acceptors (Lipinski definition) is 3. The van der Waals surface area contributed by atoms with E-state index < -0.39 is 0 Å². The Morgan fingerprint density at radius 3 is 3.22 bits per heavy atom. The van der Waals surface area contributed by atoms with Crippen molar-refractivity contribution in [2.45, 2.75) is 6.42 Å². The van der Waals surface area contributed by atoms with Gasteiger partial charge < -0.3 is 5.73 Å². The zero-order valence-corrected chi connectivity index (χ0v) is 5.90. The Balaban J connectivity index is 2.30. The van der Waals surface area contributed by atoms with Crippen LogP contribution in [0.1, 0.15) is 11.4 Å². The van der Waals surface area contributed by atoms with Crippen molar-refractivity contribution in [2.75, 3.05) is 6.54 Å². The minimum Gasteiger partial charge on any atom is -0.330 e. The van der Waals surface area contributed by atoms with Gasteiger partial charge in [0, 0.05) is 18.0 Å². The summed E-state index contributed by atoms with van der Waals surface area (Å²) in [7, 11) is 0. The molecule has 3 heteroatoms. The van der Waals surface area contributed by atoms with Crippen LogP contribution in [0, 0.1) is 6.42 Å². The predicted octanol–water partition coefficient (Wildman–Crippen LogP) is 1.04. The van der Waals surface area contributed by atoms with Gasteiger partial charge in [0.1, 0.15) is 0 Å². The molecule has 9 heavy (non-hydrogen) atoms. The molecule has 0 aliphatic rings. The summed E-state index contributed by atoms with van der Waals surface area (Å²) in [6.45, 7) is 0.708. The first-order chi connectivity index (χ1) is 4.43. The van der Waals surface area contributed by atoms with E-state index in [1.54, 1.807) is 17.5 Å². The molecule has 1 aromatic heterocycles. The second kappa shape index (κ2) is 3.58. The largest absolute Gasteiger partial charge is 0.330 e. The van der Waals surface area contributed by atoms with Crippen LogP contribution in [0.5, 0.6) is 0 Å². The first-order valence-electron chi connectivity index (χ1n) is 2.86. The normalized spacial score (nSPS) is 9.89. The lowest BCUT2D eigenvalue weighted by Crippen LogP contribution is -1.98. The highest BCUT2D eigenvalue weighted by atomic mass is 32.1. The first-order valence-corrected chi connectivity index (χ1v) is 3.74. The number of aromatic nitrogens is 1. The summed E-state index contributed by atoms with van der Waals surface area (Å²) >= 11 is 1.64. The molecule has 0 saturated heterocycles. The van der Waals surface area contributed by atoms with Crippen LogP contribution >= 0.6 is 11.3 Å². The fraction of sp³-hybridized carbons (Fsp3) is 0.333. The zero-order chi connectivity index (χ0) is 6.53. The topological polar surface area (TPSA) is 38.9 Å². The van der Waals surface area contributed by atoms with Gasteiger partial charge in [-0.15, -0.1) is 11.3 Å². The van der Waals surface area contributed by atoms with Crippen LogP contribution in [-0.2, 0) is 0 Å². The van der Waals surface area contributed by atoms with Crippen molar-refractivity contribution in [2.24, 2.45) is 5.73 Å². The molecule has 0 atom stereocenters. The van der Waals surface area contributed by atoms with E-state index in [1.807, 2.05) is 11.8 Å². The first kappa shape index (κ1) is 6.71. The van der Waals surface area contributed by atoms with E-state index in [9.17, 15) is 0 Å². The maximum absolute atomic E-state index is 5.29. The maximum atomic E-state index is 5.29. The molecule has 1 heterocycles. The Kier molecular flexibility index (Phi) is 2.67. The van der Waals surface area contributed by atoms with E-state index in [2.05, 4.69) is 4.98 Å². The van der Waals surface area contributed by atoms with Gasteiger partial charge in [0.15, 0.2) is 0 Å². The lowest BCUT2D eigenvalue weighted by atomic mass is 10.3. The number of rotatable bonds is 3. The van der Waals surface area contributed by atoms with Crippen LogP contribution in [0.3, 0.4) is 0 Å². The molecule has 0 unspecified atom stereocenters. The molecule has 2 N–H and O–H groups in total. The third-order valence-electron chi connectivity index (χ3n) is 0.937. The lowest BCUT2D eigenvalue weighted by molar-refractivity contribution is 0.955. The molecule has 1 aromatic rings. The van der Waals surface area contributed by atoms with Gasteiger partial charge in [-0.25, -0.2) is 4.98 Å². The van der Waals surface area contributed by atoms with Gasteiger partial charge in [0.25, 0.3) is 0 Å². The average molecular weight is 141 g/mol. The summed E-state index contributed by atoms with van der Waals surface area (Å²) in [5.74, 6) is 0. The molecule has 0 bridgehead atoms. The van der Waals surface area contributed by atoms with Crippen molar-refractivity contribution in [1.29, 1.82) is 0 Å². The van der Waals surface area contributed by atoms with Crippen molar-refractivity contribution in [3.05, 3.63) is 23.0 Å². The smallest absolute Gasteiger partial charge is 0.0963 e. The third-order valence-corrected chi connectivity index (χ3v) is 1.71. The highest BCUT2D eigenvalue weighted by Crippen LogP contribution is 2.07. The summed E-state index contributed by atoms with van der Waals surface area (Å²) in [6, 6.07) is 0. The molecule has 1 rings (SSSR count). The van der Waals surface area contributed by atoms with Crippen molar-refractivity contribution in [1.82, 2.24) is 4.98 Å². The van der Waals surface area contributed by atoms with Gasteiger partial charge >= 0.3 is 0 Å². The van der Waals surface area contributed by atoms with Crippen molar-refractivity contribution < 1.29 is 0 Å². The molecule has 0 saturated carbocycles. The second-order valence-corrected chi connectivity index (χ2v) is 2.58. The highest BCUT2D eigenvalue weighted by Gasteiger charge is 1.92. The van der Waals surface area contributed by atoms with Gasteiger partial charge in [0.2, 0.25) is 0 Å². The molecule has 0 spiro atoms. The molecule has 2 nitrogen and oxygen atoms in total. The van der Waals surface area contributed by atoms with Crippen LogP contribution in [0.15, 0.2) is 11.6 Å². The standard InChI is InChI=1S/C6H9N2S/c7-3-1-2-6-8-4-5-9-6/h2,4-5H,1,3,7H2. The van der Waals surface area contributed by atoms with E-state index in [4.69, 9.17) is 5.73 Å². The van der Waals surface area contributed by atoms with Gasteiger partial charge in [0.05, 0.1) is 5.01 Å². The fourth-order valence-electron chi connectivity index (χ4n) is 0.542. The predicted molar refractivity (Wildman–Crippen MR) is 39.2 cm³/mol. The monoisotopic (exact) mass is 141 g/mol.